The summed E-state index contributed by atoms with van der Waals surface area (Å²) in [6.45, 7) is 21.6. The van der Waals surface area contributed by atoms with Gasteiger partial charge in [-0.25, -0.2) is 0 Å². The van der Waals surface area contributed by atoms with Crippen LogP contribution >= 0.6 is 0 Å². The van der Waals surface area contributed by atoms with Crippen molar-refractivity contribution < 1.29 is 38.0 Å². The molecule has 0 heterocycles. The number of aliphatic hydroxyl groups is 1. The molecule has 8 nitrogen and oxygen atoms in total. The molecule has 0 aliphatic carbocycles. The van der Waals surface area contributed by atoms with Crippen molar-refractivity contribution in [2.75, 3.05) is 21.8 Å². The van der Waals surface area contributed by atoms with E-state index < -0.39 is 16.6 Å². The van der Waals surface area contributed by atoms with E-state index in [1.807, 2.05) is 117 Å². The summed E-state index contributed by atoms with van der Waals surface area (Å²) in [5, 5.41) is 44.9. The first-order valence-corrected chi connectivity index (χ1v) is 15.1. The summed E-state index contributed by atoms with van der Waals surface area (Å²) < 4.78 is 0. The summed E-state index contributed by atoms with van der Waals surface area (Å²) >= 11 is 0. The smallest absolute Gasteiger partial charge is 0.105 e. The molecule has 0 aromatic heterocycles. The first-order chi connectivity index (χ1) is 19.9. The van der Waals surface area contributed by atoms with Gasteiger partial charge in [0.2, 0.25) is 0 Å². The fourth-order valence-electron chi connectivity index (χ4n) is 4.68. The lowest BCUT2D eigenvalue weighted by Crippen LogP contribution is -3.08. The first kappa shape index (κ1) is 39.2. The number of para-hydroxylation sites is 3. The van der Waals surface area contributed by atoms with Gasteiger partial charge in [-0.2, -0.15) is 0 Å². The number of nitrogens with zero attached hydrogens (tertiary/aromatic N) is 3. The predicted molar refractivity (Wildman–Crippen MR) is 176 cm³/mol. The average molecular weight is 631 g/mol. The molecule has 0 aliphatic rings. The molecule has 3 aromatic rings. The van der Waals surface area contributed by atoms with E-state index in [1.165, 1.54) is 20.1 Å². The second-order valence-corrected chi connectivity index (χ2v) is 13.9. The monoisotopic (exact) mass is 630 g/mol. The van der Waals surface area contributed by atoms with Gasteiger partial charge in [0.05, 0.1) is 33.7 Å². The van der Waals surface area contributed by atoms with Gasteiger partial charge in [-0.05, 0) is 87.4 Å². The van der Waals surface area contributed by atoms with Gasteiger partial charge in [0.25, 0.3) is 0 Å². The van der Waals surface area contributed by atoms with Crippen molar-refractivity contribution in [3.63, 3.8) is 0 Å². The number of halogens is 1. The molecule has 0 fully saturated rings. The van der Waals surface area contributed by atoms with Crippen LogP contribution in [0.3, 0.4) is 0 Å². The van der Waals surface area contributed by atoms with Gasteiger partial charge < -0.3 is 22.4 Å². The maximum atomic E-state index is 11.1. The zero-order valence-electron chi connectivity index (χ0n) is 28.3. The molecule has 246 valence electrons. The van der Waals surface area contributed by atoms with Gasteiger partial charge in [-0.1, -0.05) is 54.6 Å². The van der Waals surface area contributed by atoms with Crippen molar-refractivity contribution in [2.24, 2.45) is 0 Å². The maximum absolute atomic E-state index is 11.1. The highest BCUT2D eigenvalue weighted by Gasteiger charge is 2.28. The zero-order valence-corrected chi connectivity index (χ0v) is 29.0. The Hall–Kier alpha value is -2.85. The molecule has 5 N–H and O–H groups in total. The molecular weight excluding hydrogens is 576 g/mol. The van der Waals surface area contributed by atoms with Crippen LogP contribution < -0.4 is 32.5 Å². The van der Waals surface area contributed by atoms with Gasteiger partial charge >= 0.3 is 0 Å². The standard InChI is InChI=1S/C33H48N4O3.C2H6O.ClH/c1-31(2,3)35(38)28-19-13-10-16-25(28)22-34(23-26-17-11-14-20-29(26)36(39)32(4,5)6)24-27-18-12-15-21-30(27)37(40)33(7,8)9;1-2-3;/h10-21,38-40H,22-24H2,1-9H3;3H,2H2,1H3;1H. The summed E-state index contributed by atoms with van der Waals surface area (Å²) in [5.41, 5.74) is 3.94. The number of hydroxylamine groups is 3. The van der Waals surface area contributed by atoms with Crippen LogP contribution in [0.4, 0.5) is 17.1 Å². The van der Waals surface area contributed by atoms with Crippen LogP contribution in [0.5, 0.6) is 0 Å². The Morgan fingerprint density at radius 1 is 0.500 bits per heavy atom. The third-order valence-electron chi connectivity index (χ3n) is 6.89. The summed E-state index contributed by atoms with van der Waals surface area (Å²) in [7, 11) is 0. The number of hydrogen-bond donors (Lipinski definition) is 5. The van der Waals surface area contributed by atoms with Gasteiger partial charge in [-0.15, -0.1) is 0 Å². The van der Waals surface area contributed by atoms with Gasteiger partial charge in [0.1, 0.15) is 19.6 Å². The van der Waals surface area contributed by atoms with E-state index in [9.17, 15) is 15.6 Å². The Morgan fingerprint density at radius 3 is 0.909 bits per heavy atom. The number of hydrogen-bond acceptors (Lipinski definition) is 7. The molecule has 0 amide bonds. The van der Waals surface area contributed by atoms with Crippen molar-refractivity contribution in [3.8, 4) is 0 Å². The molecule has 0 aliphatic heterocycles. The van der Waals surface area contributed by atoms with Crippen LogP contribution in [0.2, 0.25) is 0 Å². The minimum atomic E-state index is -0.469. The lowest BCUT2D eigenvalue weighted by Gasteiger charge is -2.35. The van der Waals surface area contributed by atoms with E-state index >= 15 is 0 Å². The molecule has 0 saturated heterocycles. The molecule has 0 atom stereocenters. The van der Waals surface area contributed by atoms with E-state index in [0.717, 1.165) is 33.8 Å². The van der Waals surface area contributed by atoms with E-state index in [0.29, 0.717) is 19.6 Å². The van der Waals surface area contributed by atoms with Gasteiger partial charge in [-0.3, -0.25) is 30.8 Å². The van der Waals surface area contributed by atoms with Crippen LogP contribution in [0.15, 0.2) is 72.8 Å². The average Bonchev–Trinajstić information content (AvgIpc) is 2.91. The summed E-state index contributed by atoms with van der Waals surface area (Å²) in [6, 6.07) is 23.8. The van der Waals surface area contributed by atoms with E-state index in [-0.39, 0.29) is 19.0 Å². The van der Waals surface area contributed by atoms with Crippen LogP contribution in [-0.4, -0.2) is 44.0 Å². The van der Waals surface area contributed by atoms with E-state index in [4.69, 9.17) is 5.11 Å². The highest BCUT2D eigenvalue weighted by atomic mass is 35.5. The van der Waals surface area contributed by atoms with Crippen molar-refractivity contribution in [1.82, 2.24) is 0 Å². The minimum Gasteiger partial charge on any atom is -1.00 e. The Bertz CT molecular complexity index is 1130. The van der Waals surface area contributed by atoms with Crippen molar-refractivity contribution in [2.45, 2.75) is 105 Å². The third kappa shape index (κ3) is 10.9. The number of rotatable bonds is 9. The first-order valence-electron chi connectivity index (χ1n) is 15.1. The van der Waals surface area contributed by atoms with Crippen LogP contribution in [-0.2, 0) is 19.6 Å². The quantitative estimate of drug-likeness (QED) is 0.231. The fourth-order valence-corrected chi connectivity index (χ4v) is 4.68. The topological polar surface area (TPSA) is 95.1 Å². The number of nitrogens with one attached hydrogen (secondary N) is 1. The largest absolute Gasteiger partial charge is 1.00 e. The van der Waals surface area contributed by atoms with E-state index in [1.54, 1.807) is 6.92 Å². The van der Waals surface area contributed by atoms with Crippen LogP contribution in [0.1, 0.15) is 85.9 Å². The van der Waals surface area contributed by atoms with Crippen LogP contribution in [0, 0.1) is 0 Å². The highest BCUT2D eigenvalue weighted by Crippen LogP contribution is 2.28. The van der Waals surface area contributed by atoms with Gasteiger partial charge in [0.15, 0.2) is 0 Å². The Balaban J connectivity index is 0.00000232. The Kier molecular flexibility index (Phi) is 14.7. The second kappa shape index (κ2) is 16.5. The molecule has 0 spiro atoms. The molecule has 0 bridgehead atoms. The predicted octanol–water partition coefficient (Wildman–Crippen LogP) is 3.46. The molecule has 9 heteroatoms. The molecule has 0 unspecified atom stereocenters. The molecule has 0 radical (unpaired) electrons. The Morgan fingerprint density at radius 2 is 0.705 bits per heavy atom. The molecule has 3 rings (SSSR count). The van der Waals surface area contributed by atoms with E-state index in [2.05, 4.69) is 18.2 Å². The number of benzene rings is 3. The van der Waals surface area contributed by atoms with Crippen molar-refractivity contribution in [1.29, 1.82) is 0 Å². The normalized spacial score (nSPS) is 11.8. The highest BCUT2D eigenvalue weighted by molar-refractivity contribution is 5.55. The SMILES string of the molecule is CC(C)(C)N(O)c1ccccc1C[NH+](Cc1ccccc1N(O)C(C)(C)C)Cc1ccccc1N(O)C(C)(C)C.CCO.[Cl-]. The minimum absolute atomic E-state index is 0. The Labute approximate surface area is 271 Å². The molecular formula is C35H55ClN4O4. The molecule has 44 heavy (non-hydrogen) atoms. The third-order valence-corrected chi connectivity index (χ3v) is 6.89. The molecule has 0 saturated carbocycles. The summed E-state index contributed by atoms with van der Waals surface area (Å²) in [6.07, 6.45) is 0. The molecule has 3 aromatic carbocycles. The fraction of sp³-hybridized carbons (Fsp3) is 0.486. The second-order valence-electron chi connectivity index (χ2n) is 13.9. The number of quaternary nitrogens is 1. The van der Waals surface area contributed by atoms with Crippen molar-refractivity contribution >= 4 is 17.1 Å². The maximum Gasteiger partial charge on any atom is 0.105 e. The number of anilines is 3. The summed E-state index contributed by atoms with van der Waals surface area (Å²) in [5.74, 6) is 0. The lowest BCUT2D eigenvalue weighted by molar-refractivity contribution is -0.941. The van der Waals surface area contributed by atoms with Gasteiger partial charge in [0, 0.05) is 23.3 Å². The van der Waals surface area contributed by atoms with Crippen LogP contribution in [0.25, 0.3) is 0 Å². The number of aliphatic hydroxyl groups excluding tert-OH is 1. The lowest BCUT2D eigenvalue weighted by atomic mass is 10.0. The zero-order chi connectivity index (χ0) is 32.6. The van der Waals surface area contributed by atoms with Crippen molar-refractivity contribution in [3.05, 3.63) is 89.5 Å². The summed E-state index contributed by atoms with van der Waals surface area (Å²) in [4.78, 5) is 1.19.